The van der Waals surface area contributed by atoms with Gasteiger partial charge in [-0.05, 0) is 45.8 Å². The van der Waals surface area contributed by atoms with Gasteiger partial charge in [-0.15, -0.1) is 0 Å². The van der Waals surface area contributed by atoms with Gasteiger partial charge in [-0.2, -0.15) is 8.42 Å². The summed E-state index contributed by atoms with van der Waals surface area (Å²) in [5.74, 6) is 0. The van der Waals surface area contributed by atoms with Gasteiger partial charge in [0.1, 0.15) is 0 Å². The highest BCUT2D eigenvalue weighted by atomic mass is 32.2. The van der Waals surface area contributed by atoms with Gasteiger partial charge in [-0.1, -0.05) is 67.8 Å². The lowest BCUT2D eigenvalue weighted by molar-refractivity contribution is 0.416. The Hall–Kier alpha value is -2.37. The largest absolute Gasteiger partial charge is 0.360 e. The van der Waals surface area contributed by atoms with E-state index in [1.165, 1.54) is 4.31 Å². The molecule has 1 aliphatic rings. The van der Waals surface area contributed by atoms with Crippen molar-refractivity contribution >= 4 is 48.3 Å². The summed E-state index contributed by atoms with van der Waals surface area (Å²) in [6.45, 7) is 0. The Labute approximate surface area is 158 Å². The molecule has 5 heteroatoms. The summed E-state index contributed by atoms with van der Waals surface area (Å²) in [5, 5.41) is 6.44. The molecule has 0 aliphatic heterocycles. The Bertz CT molecular complexity index is 1230. The van der Waals surface area contributed by atoms with Gasteiger partial charge in [0, 0.05) is 11.4 Å². The molecule has 1 saturated carbocycles. The molecule has 1 N–H and O–H groups in total. The van der Waals surface area contributed by atoms with E-state index in [4.69, 9.17) is 0 Å². The molecule has 1 fully saturated rings. The number of nitrogens with zero attached hydrogens (tertiary/aromatic N) is 1. The predicted molar refractivity (Wildman–Crippen MR) is 111 cm³/mol. The maximum absolute atomic E-state index is 12.4. The zero-order valence-electron chi connectivity index (χ0n) is 14.9. The number of hydrogen-bond acceptors (Lipinski definition) is 2. The van der Waals surface area contributed by atoms with Crippen LogP contribution in [0.4, 0.5) is 5.69 Å². The predicted octanol–water partition coefficient (Wildman–Crippen LogP) is 5.53. The lowest BCUT2D eigenvalue weighted by atomic mass is 9.92. The van der Waals surface area contributed by atoms with Crippen LogP contribution in [0.3, 0.4) is 0 Å². The van der Waals surface area contributed by atoms with Crippen molar-refractivity contribution in [1.29, 1.82) is 0 Å². The van der Waals surface area contributed by atoms with Crippen LogP contribution in [-0.2, 0) is 10.3 Å². The second-order valence-electron chi connectivity index (χ2n) is 7.51. The maximum Gasteiger partial charge on any atom is 0.360 e. The second-order valence-corrected chi connectivity index (χ2v) is 8.80. The molecule has 4 aromatic rings. The molecule has 0 saturated heterocycles. The molecular weight excluding hydrogens is 358 g/mol. The number of hydrogen-bond donors (Lipinski definition) is 1. The molecule has 0 unspecified atom stereocenters. The minimum Gasteiger partial charge on any atom is -0.269 e. The fourth-order valence-corrected chi connectivity index (χ4v) is 5.73. The lowest BCUT2D eigenvalue weighted by Crippen LogP contribution is -2.41. The lowest BCUT2D eigenvalue weighted by Gasteiger charge is -2.34. The minimum atomic E-state index is -4.35. The summed E-state index contributed by atoms with van der Waals surface area (Å²) in [6, 6.07) is 18.0. The first-order chi connectivity index (χ1) is 13.0. The third-order valence-corrected chi connectivity index (χ3v) is 6.89. The summed E-state index contributed by atoms with van der Waals surface area (Å²) >= 11 is 0. The van der Waals surface area contributed by atoms with Crippen LogP contribution in [0.1, 0.15) is 32.1 Å². The van der Waals surface area contributed by atoms with Crippen LogP contribution in [0.5, 0.6) is 0 Å². The van der Waals surface area contributed by atoms with Gasteiger partial charge in [0.2, 0.25) is 0 Å². The highest BCUT2D eigenvalue weighted by molar-refractivity contribution is 7.87. The average molecular weight is 379 g/mol. The van der Waals surface area contributed by atoms with E-state index in [0.29, 0.717) is 5.69 Å². The SMILES string of the molecule is O=S(=O)(O)N(c1ccc2ccc3cccc4ccc1c2c34)C1CCCCC1. The summed E-state index contributed by atoms with van der Waals surface area (Å²) in [5.41, 5.74) is 0.579. The summed E-state index contributed by atoms with van der Waals surface area (Å²) in [4.78, 5) is 0. The maximum atomic E-state index is 12.4. The molecule has 4 aromatic carbocycles. The smallest absolute Gasteiger partial charge is 0.269 e. The monoisotopic (exact) mass is 379 g/mol. The molecule has 0 spiro atoms. The van der Waals surface area contributed by atoms with Gasteiger partial charge in [0.05, 0.1) is 5.69 Å². The van der Waals surface area contributed by atoms with E-state index in [1.54, 1.807) is 0 Å². The van der Waals surface area contributed by atoms with Crippen LogP contribution in [0.15, 0.2) is 54.6 Å². The van der Waals surface area contributed by atoms with Crippen molar-refractivity contribution in [3.05, 3.63) is 54.6 Å². The number of anilines is 1. The van der Waals surface area contributed by atoms with Gasteiger partial charge < -0.3 is 0 Å². The van der Waals surface area contributed by atoms with Crippen LogP contribution in [0.25, 0.3) is 32.3 Å². The first kappa shape index (κ1) is 16.8. The molecule has 138 valence electrons. The molecule has 0 heterocycles. The quantitative estimate of drug-likeness (QED) is 0.376. The van der Waals surface area contributed by atoms with Crippen molar-refractivity contribution in [2.75, 3.05) is 4.31 Å². The summed E-state index contributed by atoms with van der Waals surface area (Å²) < 4.78 is 36.1. The third kappa shape index (κ3) is 2.65. The van der Waals surface area contributed by atoms with Gasteiger partial charge in [0.25, 0.3) is 0 Å². The highest BCUT2D eigenvalue weighted by Gasteiger charge is 2.31. The van der Waals surface area contributed by atoms with Crippen molar-refractivity contribution in [2.45, 2.75) is 38.1 Å². The molecule has 1 aliphatic carbocycles. The molecule has 5 rings (SSSR count). The Morgan fingerprint density at radius 1 is 0.778 bits per heavy atom. The molecule has 0 aromatic heterocycles. The van der Waals surface area contributed by atoms with Crippen LogP contribution in [0, 0.1) is 0 Å². The van der Waals surface area contributed by atoms with E-state index >= 15 is 0 Å². The molecule has 0 bridgehead atoms. The van der Waals surface area contributed by atoms with Crippen molar-refractivity contribution in [3.8, 4) is 0 Å². The van der Waals surface area contributed by atoms with Crippen LogP contribution in [0.2, 0.25) is 0 Å². The standard InChI is InChI=1S/C22H21NO3S/c24-27(25,26)23(18-7-2-1-3-8-18)20-14-12-17-10-9-15-5-4-6-16-11-13-19(20)22(17)21(15)16/h4-6,9-14,18H,1-3,7-8H2,(H,24,25,26). The van der Waals surface area contributed by atoms with Crippen molar-refractivity contribution in [2.24, 2.45) is 0 Å². The first-order valence-corrected chi connectivity index (χ1v) is 10.9. The van der Waals surface area contributed by atoms with E-state index in [2.05, 4.69) is 24.3 Å². The van der Waals surface area contributed by atoms with Gasteiger partial charge in [-0.25, -0.2) is 4.31 Å². The van der Waals surface area contributed by atoms with E-state index in [0.717, 1.165) is 64.4 Å². The third-order valence-electron chi connectivity index (χ3n) is 5.90. The zero-order valence-corrected chi connectivity index (χ0v) is 15.7. The summed E-state index contributed by atoms with van der Waals surface area (Å²) in [6.07, 6.45) is 4.66. The fraction of sp³-hybridized carbons (Fsp3) is 0.273. The van der Waals surface area contributed by atoms with E-state index in [1.807, 2.05) is 30.3 Å². The van der Waals surface area contributed by atoms with Crippen molar-refractivity contribution in [1.82, 2.24) is 0 Å². The Kier molecular flexibility index (Phi) is 3.78. The zero-order chi connectivity index (χ0) is 18.6. The Morgan fingerprint density at radius 2 is 1.37 bits per heavy atom. The molecule has 27 heavy (non-hydrogen) atoms. The number of benzene rings is 4. The fourth-order valence-electron chi connectivity index (χ4n) is 4.74. The second kappa shape index (κ2) is 6.08. The molecule has 0 radical (unpaired) electrons. The minimum absolute atomic E-state index is 0.188. The molecular formula is C22H21NO3S. The first-order valence-electron chi connectivity index (χ1n) is 9.47. The molecule has 0 amide bonds. The van der Waals surface area contributed by atoms with E-state index < -0.39 is 10.3 Å². The molecule has 4 nitrogen and oxygen atoms in total. The Balaban J connectivity index is 1.83. The van der Waals surface area contributed by atoms with E-state index in [9.17, 15) is 13.0 Å². The molecule has 0 atom stereocenters. The van der Waals surface area contributed by atoms with Gasteiger partial charge >= 0.3 is 10.3 Å². The van der Waals surface area contributed by atoms with Crippen LogP contribution >= 0.6 is 0 Å². The Morgan fingerprint density at radius 3 is 2.04 bits per heavy atom. The van der Waals surface area contributed by atoms with Gasteiger partial charge in [-0.3, -0.25) is 4.55 Å². The number of rotatable bonds is 3. The van der Waals surface area contributed by atoms with Crippen LogP contribution in [-0.4, -0.2) is 19.0 Å². The normalized spacial score (nSPS) is 16.5. The van der Waals surface area contributed by atoms with Crippen molar-refractivity contribution < 1.29 is 13.0 Å². The summed E-state index contributed by atoms with van der Waals surface area (Å²) in [7, 11) is -4.35. The highest BCUT2D eigenvalue weighted by Crippen LogP contribution is 2.41. The van der Waals surface area contributed by atoms with Crippen LogP contribution < -0.4 is 4.31 Å². The average Bonchev–Trinajstić information content (AvgIpc) is 2.67. The van der Waals surface area contributed by atoms with Crippen molar-refractivity contribution in [3.63, 3.8) is 0 Å². The van der Waals surface area contributed by atoms with Gasteiger partial charge in [0.15, 0.2) is 0 Å². The topological polar surface area (TPSA) is 57.6 Å². The van der Waals surface area contributed by atoms with E-state index in [-0.39, 0.29) is 6.04 Å².